The van der Waals surface area contributed by atoms with Gasteiger partial charge < -0.3 is 10.6 Å². The van der Waals surface area contributed by atoms with Crippen molar-refractivity contribution >= 4 is 34.0 Å². The van der Waals surface area contributed by atoms with Crippen LogP contribution in [-0.2, 0) is 21.2 Å². The van der Waals surface area contributed by atoms with Gasteiger partial charge in [0.15, 0.2) is 0 Å². The Morgan fingerprint density at radius 3 is 2.71 bits per heavy atom. The van der Waals surface area contributed by atoms with Crippen LogP contribution >= 0.6 is 12.4 Å². The number of fused-ring (bicyclic) bond motifs is 1. The van der Waals surface area contributed by atoms with E-state index in [4.69, 9.17) is 5.73 Å². The van der Waals surface area contributed by atoms with Gasteiger partial charge in [-0.15, -0.1) is 12.4 Å². The van der Waals surface area contributed by atoms with Crippen molar-refractivity contribution in [2.24, 2.45) is 11.7 Å². The minimum Gasteiger partial charge on any atom is -0.329 e. The van der Waals surface area contributed by atoms with Crippen LogP contribution in [0, 0.1) is 5.92 Å². The molecule has 1 aromatic rings. The first kappa shape index (κ1) is 19.2. The summed E-state index contributed by atoms with van der Waals surface area (Å²) in [5.41, 5.74) is 7.42. The molecule has 1 atom stereocenters. The first-order valence-corrected chi connectivity index (χ1v) is 9.54. The lowest BCUT2D eigenvalue weighted by molar-refractivity contribution is -0.116. The molecule has 1 fully saturated rings. The molecule has 0 radical (unpaired) electrons. The van der Waals surface area contributed by atoms with Crippen LogP contribution in [0.2, 0.25) is 0 Å². The number of nitrogens with zero attached hydrogens (tertiary/aromatic N) is 1. The lowest BCUT2D eigenvalue weighted by atomic mass is 10.0. The Hall–Kier alpha value is -1.15. The third-order valence-electron chi connectivity index (χ3n) is 4.62. The minimum absolute atomic E-state index is 0. The number of amides is 1. The van der Waals surface area contributed by atoms with E-state index in [0.29, 0.717) is 24.7 Å². The highest BCUT2D eigenvalue weighted by atomic mass is 35.5. The van der Waals surface area contributed by atoms with Gasteiger partial charge in [0.2, 0.25) is 15.9 Å². The molecule has 0 bridgehead atoms. The highest BCUT2D eigenvalue weighted by molar-refractivity contribution is 7.89. The monoisotopic (exact) mass is 373 g/mol. The number of nitrogens with one attached hydrogen (secondary N) is 1. The number of carbonyl (C=O) groups is 1. The Bertz CT molecular complexity index is 719. The number of halogens is 1. The number of aryl methyl sites for hydroxylation is 1. The van der Waals surface area contributed by atoms with E-state index in [-0.39, 0.29) is 29.3 Å². The Balaban J connectivity index is 0.00000208. The average molecular weight is 374 g/mol. The SMILES string of the molecule is CC(=O)N1CCCc2ccc(S(=O)(=O)NC(CN)C3CC3)cc21.Cl. The molecule has 24 heavy (non-hydrogen) atoms. The summed E-state index contributed by atoms with van der Waals surface area (Å²) in [5, 5.41) is 0. The minimum atomic E-state index is -3.63. The quantitative estimate of drug-likeness (QED) is 0.816. The number of hydrogen-bond acceptors (Lipinski definition) is 4. The molecule has 1 aliphatic carbocycles. The van der Waals surface area contributed by atoms with Crippen molar-refractivity contribution in [3.63, 3.8) is 0 Å². The third-order valence-corrected chi connectivity index (χ3v) is 6.10. The zero-order chi connectivity index (χ0) is 16.6. The van der Waals surface area contributed by atoms with Crippen LogP contribution in [0.1, 0.15) is 31.7 Å². The molecule has 1 aliphatic heterocycles. The predicted octanol–water partition coefficient (Wildman–Crippen LogP) is 1.42. The largest absolute Gasteiger partial charge is 0.329 e. The third kappa shape index (κ3) is 3.91. The molecule has 6 nitrogen and oxygen atoms in total. The standard InChI is InChI=1S/C16H23N3O3S.ClH/c1-11(20)19-8-2-3-13-6-7-14(9-16(13)19)23(21,22)18-15(10-17)12-4-5-12;/h6-7,9,12,15,18H,2-5,8,10,17H2,1H3;1H. The van der Waals surface area contributed by atoms with E-state index in [1.165, 1.54) is 6.92 Å². The van der Waals surface area contributed by atoms with Gasteiger partial charge in [0.25, 0.3) is 0 Å². The van der Waals surface area contributed by atoms with E-state index in [0.717, 1.165) is 31.2 Å². The number of rotatable bonds is 5. The molecule has 3 N–H and O–H groups in total. The molecular formula is C16H24ClN3O3S. The fourth-order valence-electron chi connectivity index (χ4n) is 3.15. The summed E-state index contributed by atoms with van der Waals surface area (Å²) in [6, 6.07) is 4.83. The summed E-state index contributed by atoms with van der Waals surface area (Å²) < 4.78 is 28.0. The van der Waals surface area contributed by atoms with Gasteiger partial charge in [0.1, 0.15) is 0 Å². The molecule has 8 heteroatoms. The molecule has 134 valence electrons. The van der Waals surface area contributed by atoms with Crippen molar-refractivity contribution in [3.8, 4) is 0 Å². The van der Waals surface area contributed by atoms with E-state index in [9.17, 15) is 13.2 Å². The zero-order valence-electron chi connectivity index (χ0n) is 13.7. The van der Waals surface area contributed by atoms with Gasteiger partial charge in [-0.3, -0.25) is 4.79 Å². The van der Waals surface area contributed by atoms with Crippen LogP contribution in [0.3, 0.4) is 0 Å². The molecule has 0 saturated heterocycles. The fourth-order valence-corrected chi connectivity index (χ4v) is 4.49. The fraction of sp³-hybridized carbons (Fsp3) is 0.562. The maximum Gasteiger partial charge on any atom is 0.240 e. The van der Waals surface area contributed by atoms with Crippen molar-refractivity contribution in [2.75, 3.05) is 18.0 Å². The lowest BCUT2D eigenvalue weighted by Crippen LogP contribution is -2.41. The second kappa shape index (κ2) is 7.39. The number of hydrogen-bond donors (Lipinski definition) is 2. The van der Waals surface area contributed by atoms with Crippen LogP contribution in [0.15, 0.2) is 23.1 Å². The number of nitrogens with two attached hydrogens (primary N) is 1. The first-order valence-electron chi connectivity index (χ1n) is 8.06. The topological polar surface area (TPSA) is 92.5 Å². The second-order valence-corrected chi connectivity index (χ2v) is 8.08. The second-order valence-electron chi connectivity index (χ2n) is 6.37. The Labute approximate surface area is 149 Å². The van der Waals surface area contributed by atoms with Crippen molar-refractivity contribution in [1.29, 1.82) is 0 Å². The maximum atomic E-state index is 12.6. The van der Waals surface area contributed by atoms with Gasteiger partial charge in [0.05, 0.1) is 4.90 Å². The molecule has 3 rings (SSSR count). The summed E-state index contributed by atoms with van der Waals surface area (Å²) >= 11 is 0. The summed E-state index contributed by atoms with van der Waals surface area (Å²) in [5.74, 6) is 0.285. The van der Waals surface area contributed by atoms with Gasteiger partial charge in [-0.05, 0) is 49.3 Å². The average Bonchev–Trinajstić information content (AvgIpc) is 3.36. The van der Waals surface area contributed by atoms with Crippen LogP contribution in [-0.4, -0.2) is 33.5 Å². The van der Waals surface area contributed by atoms with E-state index >= 15 is 0 Å². The zero-order valence-corrected chi connectivity index (χ0v) is 15.3. The summed E-state index contributed by atoms with van der Waals surface area (Å²) in [6.07, 6.45) is 3.80. The van der Waals surface area contributed by atoms with Crippen LogP contribution < -0.4 is 15.4 Å². The maximum absolute atomic E-state index is 12.6. The van der Waals surface area contributed by atoms with Crippen LogP contribution in [0.25, 0.3) is 0 Å². The van der Waals surface area contributed by atoms with Crippen molar-refractivity contribution in [3.05, 3.63) is 23.8 Å². The molecule has 1 aromatic carbocycles. The Kier molecular flexibility index (Phi) is 5.91. The van der Waals surface area contributed by atoms with Crippen LogP contribution in [0.4, 0.5) is 5.69 Å². The van der Waals surface area contributed by atoms with E-state index in [1.54, 1.807) is 17.0 Å². The molecule has 0 aromatic heterocycles. The molecule has 1 unspecified atom stereocenters. The van der Waals surface area contributed by atoms with Crippen molar-refractivity contribution < 1.29 is 13.2 Å². The first-order chi connectivity index (χ1) is 10.9. The van der Waals surface area contributed by atoms with Gasteiger partial charge in [-0.2, -0.15) is 0 Å². The summed E-state index contributed by atoms with van der Waals surface area (Å²) in [7, 11) is -3.63. The molecule has 2 aliphatic rings. The number of carbonyl (C=O) groups excluding carboxylic acids is 1. The lowest BCUT2D eigenvalue weighted by Gasteiger charge is -2.29. The Morgan fingerprint density at radius 1 is 1.42 bits per heavy atom. The summed E-state index contributed by atoms with van der Waals surface area (Å²) in [6.45, 7) is 2.44. The predicted molar refractivity (Wildman–Crippen MR) is 95.9 cm³/mol. The number of anilines is 1. The van der Waals surface area contributed by atoms with E-state index in [1.807, 2.05) is 6.07 Å². The normalized spacial score (nSPS) is 18.5. The smallest absolute Gasteiger partial charge is 0.240 e. The highest BCUT2D eigenvalue weighted by Crippen LogP contribution is 2.34. The van der Waals surface area contributed by atoms with Crippen molar-refractivity contribution in [2.45, 2.75) is 43.5 Å². The molecular weight excluding hydrogens is 350 g/mol. The summed E-state index contributed by atoms with van der Waals surface area (Å²) in [4.78, 5) is 13.6. The molecule has 1 amide bonds. The Morgan fingerprint density at radius 2 is 2.12 bits per heavy atom. The van der Waals surface area contributed by atoms with Crippen LogP contribution in [0.5, 0.6) is 0 Å². The van der Waals surface area contributed by atoms with Gasteiger partial charge in [-0.25, -0.2) is 13.1 Å². The molecule has 0 spiro atoms. The number of sulfonamides is 1. The van der Waals surface area contributed by atoms with E-state index < -0.39 is 10.0 Å². The van der Waals surface area contributed by atoms with E-state index in [2.05, 4.69) is 4.72 Å². The van der Waals surface area contributed by atoms with Gasteiger partial charge >= 0.3 is 0 Å². The highest BCUT2D eigenvalue weighted by Gasteiger charge is 2.33. The molecule has 1 saturated carbocycles. The van der Waals surface area contributed by atoms with Gasteiger partial charge in [-0.1, -0.05) is 6.07 Å². The number of benzene rings is 1. The van der Waals surface area contributed by atoms with Crippen molar-refractivity contribution in [1.82, 2.24) is 4.72 Å². The van der Waals surface area contributed by atoms with Gasteiger partial charge in [0, 0.05) is 31.7 Å². The molecule has 1 heterocycles.